The molecule has 1 saturated carbocycles. The maximum Gasteiger partial charge on any atom is 0.309 e. The summed E-state index contributed by atoms with van der Waals surface area (Å²) in [6.07, 6.45) is 3.10. The number of carbonyl (C=O) groups excluding carboxylic acids is 1. The fourth-order valence-corrected chi connectivity index (χ4v) is 4.13. The van der Waals surface area contributed by atoms with Crippen LogP contribution in [-0.2, 0) is 14.0 Å². The van der Waals surface area contributed by atoms with E-state index >= 15 is 0 Å². The van der Waals surface area contributed by atoms with Crippen molar-refractivity contribution in [1.29, 1.82) is 0 Å². The van der Waals surface area contributed by atoms with Crippen molar-refractivity contribution in [3.63, 3.8) is 0 Å². The molecule has 0 radical (unpaired) electrons. The van der Waals surface area contributed by atoms with Crippen LogP contribution >= 0.6 is 0 Å². The molecule has 3 nitrogen and oxygen atoms in total. The van der Waals surface area contributed by atoms with Crippen LogP contribution in [0.1, 0.15) is 53.9 Å². The Bertz CT molecular complexity index is 333. The van der Waals surface area contributed by atoms with E-state index in [1.807, 2.05) is 6.92 Å². The molecule has 3 unspecified atom stereocenters. The van der Waals surface area contributed by atoms with Gasteiger partial charge in [-0.2, -0.15) is 0 Å². The molecule has 1 rings (SSSR count). The van der Waals surface area contributed by atoms with E-state index in [9.17, 15) is 4.79 Å². The highest BCUT2D eigenvalue weighted by molar-refractivity contribution is 6.74. The topological polar surface area (TPSA) is 35.5 Å². The summed E-state index contributed by atoms with van der Waals surface area (Å²) < 4.78 is 11.7. The van der Waals surface area contributed by atoms with Crippen LogP contribution in [-0.4, -0.2) is 27.0 Å². The lowest BCUT2D eigenvalue weighted by molar-refractivity contribution is -0.149. The van der Waals surface area contributed by atoms with Crippen molar-refractivity contribution in [2.75, 3.05) is 6.61 Å². The average molecular weight is 301 g/mol. The summed E-state index contributed by atoms with van der Waals surface area (Å²) in [5, 5.41) is 0.219. The van der Waals surface area contributed by atoms with Gasteiger partial charge in [0.05, 0.1) is 12.5 Å². The predicted octanol–water partition coefficient (Wildman–Crippen LogP) is 4.38. The lowest BCUT2D eigenvalue weighted by Crippen LogP contribution is -2.43. The minimum Gasteiger partial charge on any atom is -0.466 e. The van der Waals surface area contributed by atoms with E-state index in [2.05, 4.69) is 40.8 Å². The number of esters is 1. The molecular formula is C16H32O3Si. The normalized spacial score (nSPS) is 27.6. The number of hydrogen-bond acceptors (Lipinski definition) is 3. The third-order valence-corrected chi connectivity index (χ3v) is 9.57. The van der Waals surface area contributed by atoms with E-state index in [-0.39, 0.29) is 23.0 Å². The Kier molecular flexibility index (Phi) is 5.85. The lowest BCUT2D eigenvalue weighted by Gasteiger charge is -2.38. The fourth-order valence-electron chi connectivity index (χ4n) is 2.75. The molecule has 0 saturated heterocycles. The van der Waals surface area contributed by atoms with Gasteiger partial charge < -0.3 is 9.16 Å². The molecule has 118 valence electrons. The van der Waals surface area contributed by atoms with Crippen LogP contribution in [0, 0.1) is 11.8 Å². The van der Waals surface area contributed by atoms with Gasteiger partial charge in [0.1, 0.15) is 0 Å². The van der Waals surface area contributed by atoms with Crippen LogP contribution < -0.4 is 0 Å². The second kappa shape index (κ2) is 6.61. The third-order valence-electron chi connectivity index (χ3n) is 5.03. The van der Waals surface area contributed by atoms with Crippen LogP contribution in [0.25, 0.3) is 0 Å². The molecule has 0 aromatic carbocycles. The Morgan fingerprint density at radius 2 is 1.80 bits per heavy atom. The standard InChI is InChI=1S/C16H32O3Si/c1-8-12-10-13(11-14(12)15(17)18-9-2)19-20(6,7)16(3,4)5/h12-14H,8-11H2,1-7H3. The van der Waals surface area contributed by atoms with E-state index in [0.29, 0.717) is 12.5 Å². The van der Waals surface area contributed by atoms with Gasteiger partial charge in [-0.25, -0.2) is 0 Å². The highest BCUT2D eigenvalue weighted by Gasteiger charge is 2.44. The van der Waals surface area contributed by atoms with Crippen LogP contribution in [0.2, 0.25) is 18.1 Å². The van der Waals surface area contributed by atoms with Gasteiger partial charge >= 0.3 is 5.97 Å². The first-order valence-corrected chi connectivity index (χ1v) is 10.9. The molecule has 1 fully saturated rings. The van der Waals surface area contributed by atoms with Gasteiger partial charge in [0.15, 0.2) is 8.32 Å². The first-order chi connectivity index (χ1) is 9.12. The Morgan fingerprint density at radius 1 is 1.20 bits per heavy atom. The molecule has 20 heavy (non-hydrogen) atoms. The molecule has 0 aromatic rings. The van der Waals surface area contributed by atoms with Gasteiger partial charge in [-0.3, -0.25) is 4.79 Å². The van der Waals surface area contributed by atoms with Gasteiger partial charge in [-0.05, 0) is 43.8 Å². The highest BCUT2D eigenvalue weighted by atomic mass is 28.4. The maximum absolute atomic E-state index is 12.1. The first-order valence-electron chi connectivity index (χ1n) is 7.96. The molecule has 1 aliphatic carbocycles. The quantitative estimate of drug-likeness (QED) is 0.558. The summed E-state index contributed by atoms with van der Waals surface area (Å²) in [6.45, 7) is 15.8. The molecular weight excluding hydrogens is 268 g/mol. The van der Waals surface area contributed by atoms with Crippen LogP contribution in [0.15, 0.2) is 0 Å². The zero-order chi connectivity index (χ0) is 15.6. The summed E-state index contributed by atoms with van der Waals surface area (Å²) in [6, 6.07) is 0. The second-order valence-electron chi connectivity index (χ2n) is 7.50. The minimum absolute atomic E-state index is 0.0271. The molecule has 0 spiro atoms. The number of rotatable bonds is 5. The van der Waals surface area contributed by atoms with Crippen molar-refractivity contribution < 1.29 is 14.0 Å². The molecule has 0 N–H and O–H groups in total. The van der Waals surface area contributed by atoms with E-state index in [0.717, 1.165) is 19.3 Å². The first kappa shape index (κ1) is 17.7. The summed E-state index contributed by atoms with van der Waals surface area (Å²) in [4.78, 5) is 12.1. The van der Waals surface area contributed by atoms with Crippen LogP contribution in [0.3, 0.4) is 0 Å². The largest absolute Gasteiger partial charge is 0.466 e. The molecule has 0 bridgehead atoms. The van der Waals surface area contributed by atoms with Crippen molar-refractivity contribution in [2.45, 2.75) is 78.1 Å². The summed E-state index contributed by atoms with van der Waals surface area (Å²) >= 11 is 0. The smallest absolute Gasteiger partial charge is 0.309 e. The van der Waals surface area contributed by atoms with Gasteiger partial charge in [-0.1, -0.05) is 34.1 Å². The van der Waals surface area contributed by atoms with Gasteiger partial charge in [0, 0.05) is 6.10 Å². The van der Waals surface area contributed by atoms with E-state index in [4.69, 9.17) is 9.16 Å². The SMILES string of the molecule is CCOC(=O)C1CC(O[Si](C)(C)C(C)(C)C)CC1CC. The molecule has 1 aliphatic rings. The molecule has 4 heteroatoms. The zero-order valence-electron chi connectivity index (χ0n) is 14.3. The van der Waals surface area contributed by atoms with Crippen molar-refractivity contribution in [3.8, 4) is 0 Å². The van der Waals surface area contributed by atoms with Gasteiger partial charge in [-0.15, -0.1) is 0 Å². The Labute approximate surface area is 125 Å². The average Bonchev–Trinajstić information content (AvgIpc) is 2.70. The maximum atomic E-state index is 12.1. The van der Waals surface area contributed by atoms with Gasteiger partial charge in [0.2, 0.25) is 0 Å². The number of carbonyl (C=O) groups is 1. The van der Waals surface area contributed by atoms with E-state index < -0.39 is 8.32 Å². The predicted molar refractivity (Wildman–Crippen MR) is 85.2 cm³/mol. The number of hydrogen-bond donors (Lipinski definition) is 0. The Morgan fingerprint density at radius 3 is 2.25 bits per heavy atom. The van der Waals surface area contributed by atoms with Crippen molar-refractivity contribution in [1.82, 2.24) is 0 Å². The second-order valence-corrected chi connectivity index (χ2v) is 12.3. The zero-order valence-corrected chi connectivity index (χ0v) is 15.3. The summed E-state index contributed by atoms with van der Waals surface area (Å²) in [5.74, 6) is 0.430. The molecule has 0 aromatic heterocycles. The molecule has 0 aliphatic heterocycles. The van der Waals surface area contributed by atoms with E-state index in [1.165, 1.54) is 0 Å². The van der Waals surface area contributed by atoms with Crippen molar-refractivity contribution in [2.24, 2.45) is 11.8 Å². The Hall–Kier alpha value is -0.353. The van der Waals surface area contributed by atoms with E-state index in [1.54, 1.807) is 0 Å². The Balaban J connectivity index is 2.70. The monoisotopic (exact) mass is 300 g/mol. The number of ether oxygens (including phenoxy) is 1. The van der Waals surface area contributed by atoms with Crippen molar-refractivity contribution in [3.05, 3.63) is 0 Å². The molecule has 3 atom stereocenters. The van der Waals surface area contributed by atoms with Crippen LogP contribution in [0.5, 0.6) is 0 Å². The molecule has 0 amide bonds. The van der Waals surface area contributed by atoms with Crippen LogP contribution in [0.4, 0.5) is 0 Å². The van der Waals surface area contributed by atoms with Crippen molar-refractivity contribution >= 4 is 14.3 Å². The van der Waals surface area contributed by atoms with Gasteiger partial charge in [0.25, 0.3) is 0 Å². The fraction of sp³-hybridized carbons (Fsp3) is 0.938. The lowest BCUT2D eigenvalue weighted by atomic mass is 9.94. The third kappa shape index (κ3) is 4.07. The molecule has 0 heterocycles. The highest BCUT2D eigenvalue weighted by Crippen LogP contribution is 2.43. The summed E-state index contributed by atoms with van der Waals surface area (Å²) in [5.41, 5.74) is 0. The summed E-state index contributed by atoms with van der Waals surface area (Å²) in [7, 11) is -1.75. The minimum atomic E-state index is -1.75.